The van der Waals surface area contributed by atoms with Gasteiger partial charge in [0.1, 0.15) is 0 Å². The molecular formula is C10H15N5. The van der Waals surface area contributed by atoms with E-state index in [4.69, 9.17) is 5.26 Å². The molecule has 1 saturated carbocycles. The molecule has 5 heteroatoms. The van der Waals surface area contributed by atoms with Crippen LogP contribution in [0.25, 0.3) is 0 Å². The quantitative estimate of drug-likeness (QED) is 0.689. The zero-order valence-corrected chi connectivity index (χ0v) is 8.69. The van der Waals surface area contributed by atoms with E-state index in [0.717, 1.165) is 19.6 Å². The molecule has 0 aromatic carbocycles. The van der Waals surface area contributed by atoms with Crippen LogP contribution in [0.3, 0.4) is 0 Å². The van der Waals surface area contributed by atoms with Crippen LogP contribution in [0.5, 0.6) is 0 Å². The van der Waals surface area contributed by atoms with Crippen molar-refractivity contribution in [1.29, 1.82) is 5.26 Å². The summed E-state index contributed by atoms with van der Waals surface area (Å²) in [5.74, 6) is 0. The Kier molecular flexibility index (Phi) is 2.97. The lowest BCUT2D eigenvalue weighted by Gasteiger charge is -2.11. The van der Waals surface area contributed by atoms with Crippen LogP contribution in [0.1, 0.15) is 19.3 Å². The third-order valence-corrected chi connectivity index (χ3v) is 2.90. The maximum Gasteiger partial charge on any atom is 0.0692 e. The van der Waals surface area contributed by atoms with E-state index in [1.165, 1.54) is 12.8 Å². The normalized spacial score (nSPS) is 17.3. The predicted molar refractivity (Wildman–Crippen MR) is 54.8 cm³/mol. The lowest BCUT2D eigenvalue weighted by molar-refractivity contribution is 0.446. The molecule has 1 fully saturated rings. The summed E-state index contributed by atoms with van der Waals surface area (Å²) in [5, 5.41) is 19.6. The first kappa shape index (κ1) is 10.1. The third kappa shape index (κ3) is 2.77. The molecule has 0 radical (unpaired) electrons. The highest BCUT2D eigenvalue weighted by Gasteiger charge is 2.41. The van der Waals surface area contributed by atoms with Gasteiger partial charge >= 0.3 is 0 Å². The Morgan fingerprint density at radius 3 is 3.00 bits per heavy atom. The second-order valence-electron chi connectivity index (χ2n) is 4.18. The molecule has 80 valence electrons. The van der Waals surface area contributed by atoms with Crippen molar-refractivity contribution in [3.05, 3.63) is 12.4 Å². The molecular weight excluding hydrogens is 190 g/mol. The largest absolute Gasteiger partial charge is 0.314 e. The maximum absolute atomic E-state index is 8.65. The molecule has 0 saturated heterocycles. The van der Waals surface area contributed by atoms with Gasteiger partial charge in [-0.05, 0) is 18.3 Å². The number of nitriles is 1. The number of aromatic nitrogens is 3. The van der Waals surface area contributed by atoms with Crippen molar-refractivity contribution in [2.24, 2.45) is 5.41 Å². The molecule has 5 nitrogen and oxygen atoms in total. The Balaban J connectivity index is 1.62. The Morgan fingerprint density at radius 2 is 2.40 bits per heavy atom. The van der Waals surface area contributed by atoms with Gasteiger partial charge in [0.05, 0.1) is 18.8 Å². The Morgan fingerprint density at radius 1 is 1.53 bits per heavy atom. The molecule has 0 amide bonds. The van der Waals surface area contributed by atoms with Gasteiger partial charge in [0.2, 0.25) is 0 Å². The van der Waals surface area contributed by atoms with Gasteiger partial charge < -0.3 is 5.32 Å². The summed E-state index contributed by atoms with van der Waals surface area (Å²) in [6, 6.07) is 2.26. The summed E-state index contributed by atoms with van der Waals surface area (Å²) in [5.41, 5.74) is 0.289. The Hall–Kier alpha value is -1.41. The van der Waals surface area contributed by atoms with Crippen LogP contribution < -0.4 is 5.32 Å². The predicted octanol–water partition coefficient (Wildman–Crippen LogP) is 0.562. The first-order valence-electron chi connectivity index (χ1n) is 5.26. The van der Waals surface area contributed by atoms with Gasteiger partial charge in [-0.1, -0.05) is 5.21 Å². The molecule has 1 aromatic heterocycles. The molecule has 0 atom stereocenters. The number of hydrogen-bond acceptors (Lipinski definition) is 4. The molecule has 1 aliphatic carbocycles. The molecule has 0 aliphatic heterocycles. The van der Waals surface area contributed by atoms with Crippen molar-refractivity contribution in [2.75, 3.05) is 13.1 Å². The number of hydrogen-bond donors (Lipinski definition) is 1. The van der Waals surface area contributed by atoms with Crippen LogP contribution in [0.15, 0.2) is 12.4 Å². The minimum atomic E-state index is 0.289. The van der Waals surface area contributed by atoms with Crippen LogP contribution >= 0.6 is 0 Å². The van der Waals surface area contributed by atoms with Crippen molar-refractivity contribution >= 4 is 0 Å². The standard InChI is InChI=1S/C10H15N5/c11-4-3-10(1-2-10)9-12-5-7-15-8-6-13-14-15/h6,8,12H,1-3,5,7,9H2. The summed E-state index contributed by atoms with van der Waals surface area (Å²) in [6.45, 7) is 2.68. The monoisotopic (exact) mass is 205 g/mol. The Bertz CT molecular complexity index is 333. The van der Waals surface area contributed by atoms with Crippen LogP contribution in [0.2, 0.25) is 0 Å². The van der Waals surface area contributed by atoms with Crippen LogP contribution in [0, 0.1) is 16.7 Å². The zero-order chi connectivity index (χ0) is 10.6. The maximum atomic E-state index is 8.65. The van der Waals surface area contributed by atoms with Gasteiger partial charge in [-0.3, -0.25) is 4.68 Å². The number of nitrogens with one attached hydrogen (secondary N) is 1. The van der Waals surface area contributed by atoms with E-state index in [-0.39, 0.29) is 5.41 Å². The average Bonchev–Trinajstić information content (AvgIpc) is 2.80. The summed E-state index contributed by atoms with van der Waals surface area (Å²) in [6.07, 6.45) is 6.60. The van der Waals surface area contributed by atoms with E-state index >= 15 is 0 Å². The van der Waals surface area contributed by atoms with Crippen LogP contribution in [0.4, 0.5) is 0 Å². The lowest BCUT2D eigenvalue weighted by atomic mass is 10.0. The van der Waals surface area contributed by atoms with E-state index in [1.807, 2.05) is 6.20 Å². The minimum absolute atomic E-state index is 0.289. The summed E-state index contributed by atoms with van der Waals surface area (Å²) < 4.78 is 1.80. The zero-order valence-electron chi connectivity index (χ0n) is 8.69. The van der Waals surface area contributed by atoms with Gasteiger partial charge in [0.25, 0.3) is 0 Å². The van der Waals surface area contributed by atoms with Gasteiger partial charge in [-0.2, -0.15) is 5.26 Å². The fourth-order valence-electron chi connectivity index (χ4n) is 1.66. The molecule has 1 heterocycles. The van der Waals surface area contributed by atoms with Crippen molar-refractivity contribution in [3.8, 4) is 6.07 Å². The summed E-state index contributed by atoms with van der Waals surface area (Å²) in [7, 11) is 0. The number of nitrogens with zero attached hydrogens (tertiary/aromatic N) is 4. The number of rotatable bonds is 6. The van der Waals surface area contributed by atoms with Gasteiger partial charge in [0, 0.05) is 25.7 Å². The van der Waals surface area contributed by atoms with E-state index in [1.54, 1.807) is 10.9 Å². The SMILES string of the molecule is N#CCC1(CNCCn2ccnn2)CC1. The summed E-state index contributed by atoms with van der Waals surface area (Å²) >= 11 is 0. The topological polar surface area (TPSA) is 66.5 Å². The van der Waals surface area contributed by atoms with Gasteiger partial charge in [-0.15, -0.1) is 5.10 Å². The van der Waals surface area contributed by atoms with Crippen molar-refractivity contribution in [1.82, 2.24) is 20.3 Å². The minimum Gasteiger partial charge on any atom is -0.314 e. The first-order chi connectivity index (χ1) is 7.35. The molecule has 0 spiro atoms. The highest BCUT2D eigenvalue weighted by Crippen LogP contribution is 2.47. The molecule has 1 aromatic rings. The van der Waals surface area contributed by atoms with Crippen LogP contribution in [-0.2, 0) is 6.54 Å². The fourth-order valence-corrected chi connectivity index (χ4v) is 1.66. The average molecular weight is 205 g/mol. The van der Waals surface area contributed by atoms with Gasteiger partial charge in [0.15, 0.2) is 0 Å². The molecule has 1 N–H and O–H groups in total. The van der Waals surface area contributed by atoms with E-state index in [2.05, 4.69) is 21.7 Å². The second kappa shape index (κ2) is 4.41. The highest BCUT2D eigenvalue weighted by molar-refractivity contribution is 5.00. The van der Waals surface area contributed by atoms with E-state index in [9.17, 15) is 0 Å². The molecule has 0 unspecified atom stereocenters. The molecule has 15 heavy (non-hydrogen) atoms. The van der Waals surface area contributed by atoms with Crippen molar-refractivity contribution in [2.45, 2.75) is 25.8 Å². The second-order valence-corrected chi connectivity index (χ2v) is 4.18. The van der Waals surface area contributed by atoms with E-state index in [0.29, 0.717) is 6.42 Å². The summed E-state index contributed by atoms with van der Waals surface area (Å²) in [4.78, 5) is 0. The van der Waals surface area contributed by atoms with Crippen molar-refractivity contribution < 1.29 is 0 Å². The van der Waals surface area contributed by atoms with E-state index < -0.39 is 0 Å². The molecule has 2 rings (SSSR count). The van der Waals surface area contributed by atoms with Crippen molar-refractivity contribution in [3.63, 3.8) is 0 Å². The Labute approximate surface area is 89.1 Å². The molecule has 0 bridgehead atoms. The third-order valence-electron chi connectivity index (χ3n) is 2.90. The molecule has 1 aliphatic rings. The first-order valence-corrected chi connectivity index (χ1v) is 5.26. The smallest absolute Gasteiger partial charge is 0.0692 e. The lowest BCUT2D eigenvalue weighted by Crippen LogP contribution is -2.27. The fraction of sp³-hybridized carbons (Fsp3) is 0.700. The van der Waals surface area contributed by atoms with Crippen LogP contribution in [-0.4, -0.2) is 28.1 Å². The van der Waals surface area contributed by atoms with Gasteiger partial charge in [-0.25, -0.2) is 0 Å². The highest BCUT2D eigenvalue weighted by atomic mass is 15.4.